The van der Waals surface area contributed by atoms with Crippen molar-refractivity contribution in [1.82, 2.24) is 9.80 Å². The van der Waals surface area contributed by atoms with E-state index in [-0.39, 0.29) is 17.5 Å². The number of carbonyl (C=O) groups is 2. The first kappa shape index (κ1) is 20.9. The normalized spacial score (nSPS) is 15.8. The van der Waals surface area contributed by atoms with E-state index < -0.39 is 17.7 Å². The van der Waals surface area contributed by atoms with Gasteiger partial charge in [0.2, 0.25) is 11.8 Å². The molecule has 3 rings (SSSR count). The van der Waals surface area contributed by atoms with Gasteiger partial charge in [0, 0.05) is 37.9 Å². The van der Waals surface area contributed by atoms with E-state index >= 15 is 0 Å². The summed E-state index contributed by atoms with van der Waals surface area (Å²) in [6, 6.07) is 10.7. The molecule has 0 aliphatic carbocycles. The predicted molar refractivity (Wildman–Crippen MR) is 107 cm³/mol. The van der Waals surface area contributed by atoms with Crippen molar-refractivity contribution in [3.63, 3.8) is 0 Å². The number of aryl methyl sites for hydroxylation is 1. The van der Waals surface area contributed by atoms with Crippen LogP contribution in [0.15, 0.2) is 42.5 Å². The lowest BCUT2D eigenvalue weighted by molar-refractivity contribution is -0.133. The lowest BCUT2D eigenvalue weighted by Gasteiger charge is -2.37. The minimum atomic E-state index is -1.00. The van der Waals surface area contributed by atoms with Gasteiger partial charge in [0.1, 0.15) is 0 Å². The zero-order valence-electron chi connectivity index (χ0n) is 16.6. The summed E-state index contributed by atoms with van der Waals surface area (Å²) in [5.74, 6) is -2.18. The number of halogens is 2. The Morgan fingerprint density at radius 2 is 1.66 bits per heavy atom. The van der Waals surface area contributed by atoms with Gasteiger partial charge in [-0.2, -0.15) is 0 Å². The van der Waals surface area contributed by atoms with Crippen LogP contribution in [0.5, 0.6) is 0 Å². The van der Waals surface area contributed by atoms with Crippen LogP contribution in [-0.2, 0) is 16.0 Å². The number of amides is 2. The van der Waals surface area contributed by atoms with Crippen molar-refractivity contribution in [3.8, 4) is 0 Å². The minimum absolute atomic E-state index is 0.0763. The van der Waals surface area contributed by atoms with Gasteiger partial charge in [-0.05, 0) is 31.5 Å². The maximum absolute atomic E-state index is 13.3. The predicted octanol–water partition coefficient (Wildman–Crippen LogP) is 2.99. The van der Waals surface area contributed by atoms with Crippen LogP contribution in [0.1, 0.15) is 18.1 Å². The number of hydrogen-bond donors (Lipinski definition) is 1. The molecule has 1 aliphatic rings. The van der Waals surface area contributed by atoms with Crippen molar-refractivity contribution in [3.05, 3.63) is 65.2 Å². The van der Waals surface area contributed by atoms with E-state index in [0.717, 1.165) is 23.3 Å². The average Bonchev–Trinajstić information content (AvgIpc) is 2.72. The summed E-state index contributed by atoms with van der Waals surface area (Å²) in [4.78, 5) is 28.8. The molecular weight excluding hydrogens is 376 g/mol. The number of carbonyl (C=O) groups excluding carboxylic acids is 2. The highest BCUT2D eigenvalue weighted by atomic mass is 19.2. The molecule has 5 nitrogen and oxygen atoms in total. The van der Waals surface area contributed by atoms with E-state index in [4.69, 9.17) is 0 Å². The van der Waals surface area contributed by atoms with Crippen LogP contribution in [0, 0.1) is 18.6 Å². The second-order valence-corrected chi connectivity index (χ2v) is 7.37. The first-order valence-electron chi connectivity index (χ1n) is 9.67. The fraction of sp³-hybridized carbons (Fsp3) is 0.364. The second-order valence-electron chi connectivity index (χ2n) is 7.37. The molecule has 0 saturated carbocycles. The Morgan fingerprint density at radius 3 is 2.28 bits per heavy atom. The summed E-state index contributed by atoms with van der Waals surface area (Å²) in [7, 11) is 0. The van der Waals surface area contributed by atoms with Crippen molar-refractivity contribution in [2.45, 2.75) is 26.3 Å². The van der Waals surface area contributed by atoms with Crippen LogP contribution in [0.25, 0.3) is 0 Å². The molecule has 0 aromatic heterocycles. The molecule has 154 valence electrons. The fourth-order valence-electron chi connectivity index (χ4n) is 3.34. The molecular formula is C22H25F2N3O2. The average molecular weight is 401 g/mol. The van der Waals surface area contributed by atoms with Gasteiger partial charge in [-0.3, -0.25) is 14.5 Å². The van der Waals surface area contributed by atoms with Gasteiger partial charge in [0.25, 0.3) is 0 Å². The standard InChI is InChI=1S/C22H25F2N3O2/c1-15-3-5-17(6-4-15)13-21(28)27-11-9-26(10-12-27)16(2)22(29)25-18-7-8-19(23)20(24)14-18/h3-8,14,16H,9-13H2,1-2H3,(H,25,29). The Kier molecular flexibility index (Phi) is 6.59. The van der Waals surface area contributed by atoms with Crippen LogP contribution in [0.3, 0.4) is 0 Å². The van der Waals surface area contributed by atoms with E-state index in [1.54, 1.807) is 6.92 Å². The summed E-state index contributed by atoms with van der Waals surface area (Å²) in [5.41, 5.74) is 2.36. The number of nitrogens with one attached hydrogen (secondary N) is 1. The molecule has 7 heteroatoms. The maximum atomic E-state index is 13.3. The van der Waals surface area contributed by atoms with Crippen molar-refractivity contribution >= 4 is 17.5 Å². The highest BCUT2D eigenvalue weighted by Crippen LogP contribution is 2.15. The highest BCUT2D eigenvalue weighted by Gasteiger charge is 2.27. The number of benzene rings is 2. The summed E-state index contributed by atoms with van der Waals surface area (Å²) < 4.78 is 26.3. The van der Waals surface area contributed by atoms with Crippen LogP contribution in [0.2, 0.25) is 0 Å². The van der Waals surface area contributed by atoms with Crippen molar-refractivity contribution < 1.29 is 18.4 Å². The second kappa shape index (κ2) is 9.13. The third kappa shape index (κ3) is 5.38. The molecule has 2 amide bonds. The smallest absolute Gasteiger partial charge is 0.241 e. The molecule has 1 unspecified atom stereocenters. The molecule has 1 heterocycles. The maximum Gasteiger partial charge on any atom is 0.241 e. The number of hydrogen-bond acceptors (Lipinski definition) is 3. The van der Waals surface area contributed by atoms with Crippen LogP contribution in [-0.4, -0.2) is 53.8 Å². The Labute approximate surface area is 169 Å². The van der Waals surface area contributed by atoms with E-state index in [0.29, 0.717) is 32.6 Å². The summed E-state index contributed by atoms with van der Waals surface area (Å²) in [5, 5.41) is 2.61. The van der Waals surface area contributed by atoms with Gasteiger partial charge < -0.3 is 10.2 Å². The van der Waals surface area contributed by atoms with E-state index in [2.05, 4.69) is 5.32 Å². The Morgan fingerprint density at radius 1 is 1.00 bits per heavy atom. The SMILES string of the molecule is Cc1ccc(CC(=O)N2CCN(C(C)C(=O)Nc3ccc(F)c(F)c3)CC2)cc1. The lowest BCUT2D eigenvalue weighted by atomic mass is 10.1. The molecule has 0 spiro atoms. The molecule has 1 aliphatic heterocycles. The van der Waals surface area contributed by atoms with Gasteiger partial charge in [0.05, 0.1) is 12.5 Å². The first-order chi connectivity index (χ1) is 13.8. The van der Waals surface area contributed by atoms with E-state index in [1.165, 1.54) is 6.07 Å². The Balaban J connectivity index is 1.49. The zero-order chi connectivity index (χ0) is 21.0. The van der Waals surface area contributed by atoms with Gasteiger partial charge in [-0.25, -0.2) is 8.78 Å². The van der Waals surface area contributed by atoms with Gasteiger partial charge >= 0.3 is 0 Å². The van der Waals surface area contributed by atoms with Crippen LogP contribution >= 0.6 is 0 Å². The molecule has 2 aromatic carbocycles. The molecule has 0 bridgehead atoms. The van der Waals surface area contributed by atoms with Crippen LogP contribution in [0.4, 0.5) is 14.5 Å². The number of rotatable bonds is 5. The molecule has 1 N–H and O–H groups in total. The Bertz CT molecular complexity index is 878. The van der Waals surface area contributed by atoms with Crippen molar-refractivity contribution in [2.75, 3.05) is 31.5 Å². The fourth-order valence-corrected chi connectivity index (χ4v) is 3.34. The number of piperazine rings is 1. The molecule has 2 aromatic rings. The van der Waals surface area contributed by atoms with Gasteiger partial charge in [-0.1, -0.05) is 29.8 Å². The number of nitrogens with zero attached hydrogens (tertiary/aromatic N) is 2. The summed E-state index contributed by atoms with van der Waals surface area (Å²) >= 11 is 0. The summed E-state index contributed by atoms with van der Waals surface area (Å²) in [6.45, 7) is 6.02. The zero-order valence-corrected chi connectivity index (χ0v) is 16.6. The lowest BCUT2D eigenvalue weighted by Crippen LogP contribution is -2.54. The van der Waals surface area contributed by atoms with E-state index in [1.807, 2.05) is 41.0 Å². The highest BCUT2D eigenvalue weighted by molar-refractivity contribution is 5.94. The van der Waals surface area contributed by atoms with Gasteiger partial charge in [-0.15, -0.1) is 0 Å². The van der Waals surface area contributed by atoms with Crippen molar-refractivity contribution in [1.29, 1.82) is 0 Å². The molecule has 1 fully saturated rings. The van der Waals surface area contributed by atoms with E-state index in [9.17, 15) is 18.4 Å². The molecule has 1 saturated heterocycles. The third-order valence-corrected chi connectivity index (χ3v) is 5.26. The third-order valence-electron chi connectivity index (χ3n) is 5.26. The molecule has 0 radical (unpaired) electrons. The monoisotopic (exact) mass is 401 g/mol. The van der Waals surface area contributed by atoms with Gasteiger partial charge in [0.15, 0.2) is 11.6 Å². The first-order valence-corrected chi connectivity index (χ1v) is 9.67. The quantitative estimate of drug-likeness (QED) is 0.838. The summed E-state index contributed by atoms with van der Waals surface area (Å²) in [6.07, 6.45) is 0.368. The van der Waals surface area contributed by atoms with Crippen molar-refractivity contribution in [2.24, 2.45) is 0 Å². The topological polar surface area (TPSA) is 52.7 Å². The Hall–Kier alpha value is -2.80. The largest absolute Gasteiger partial charge is 0.340 e. The number of anilines is 1. The minimum Gasteiger partial charge on any atom is -0.340 e. The molecule has 29 heavy (non-hydrogen) atoms. The molecule has 1 atom stereocenters. The van der Waals surface area contributed by atoms with Crippen LogP contribution < -0.4 is 5.32 Å².